The van der Waals surface area contributed by atoms with Gasteiger partial charge in [0.2, 0.25) is 12.7 Å². The molecule has 1 aliphatic heterocycles. The third kappa shape index (κ3) is 3.22. The zero-order valence-corrected chi connectivity index (χ0v) is 14.4. The van der Waals surface area contributed by atoms with Gasteiger partial charge in [-0.2, -0.15) is 4.98 Å². The Hall–Kier alpha value is -2.51. The van der Waals surface area contributed by atoms with Crippen molar-refractivity contribution in [2.75, 3.05) is 24.1 Å². The maximum Gasteiger partial charge on any atom is 0.232 e. The molecule has 24 heavy (non-hydrogen) atoms. The van der Waals surface area contributed by atoms with Gasteiger partial charge in [-0.1, -0.05) is 0 Å². The standard InChI is InChI=1S/C16H14N4O2S.ClH/c1-20(15-3-2-8-23-15)16-17-7-6-14(19-16)18-11-4-5-12-13(9-11)22-10-21-12;/h2-9H,10H2,1H3,(H,17,18,19);1H. The predicted octanol–water partition coefficient (Wildman–Crippen LogP) is 4.20. The minimum Gasteiger partial charge on any atom is -0.454 e. The van der Waals surface area contributed by atoms with E-state index >= 15 is 0 Å². The van der Waals surface area contributed by atoms with E-state index in [2.05, 4.69) is 15.3 Å². The molecule has 3 aromatic rings. The van der Waals surface area contributed by atoms with Crippen molar-refractivity contribution in [2.45, 2.75) is 0 Å². The molecule has 0 saturated heterocycles. The number of hydrogen-bond acceptors (Lipinski definition) is 7. The first-order valence-corrected chi connectivity index (χ1v) is 7.94. The molecule has 0 bridgehead atoms. The van der Waals surface area contributed by atoms with E-state index in [1.807, 2.05) is 53.7 Å². The summed E-state index contributed by atoms with van der Waals surface area (Å²) in [6.45, 7) is 0.266. The minimum atomic E-state index is 0. The molecular weight excluding hydrogens is 348 g/mol. The monoisotopic (exact) mass is 362 g/mol. The van der Waals surface area contributed by atoms with Gasteiger partial charge in [0.1, 0.15) is 5.82 Å². The van der Waals surface area contributed by atoms with Gasteiger partial charge in [-0.15, -0.1) is 23.7 Å². The van der Waals surface area contributed by atoms with Crippen LogP contribution in [0.5, 0.6) is 11.5 Å². The van der Waals surface area contributed by atoms with Crippen molar-refractivity contribution in [3.05, 3.63) is 48.0 Å². The molecule has 0 radical (unpaired) electrons. The lowest BCUT2D eigenvalue weighted by Gasteiger charge is -2.15. The predicted molar refractivity (Wildman–Crippen MR) is 97.5 cm³/mol. The van der Waals surface area contributed by atoms with E-state index in [1.165, 1.54) is 0 Å². The van der Waals surface area contributed by atoms with Crippen molar-refractivity contribution in [3.8, 4) is 11.5 Å². The number of benzene rings is 1. The van der Waals surface area contributed by atoms with Crippen LogP contribution in [0.25, 0.3) is 0 Å². The molecule has 124 valence electrons. The molecule has 0 spiro atoms. The maximum atomic E-state index is 5.39. The summed E-state index contributed by atoms with van der Waals surface area (Å²) in [5.74, 6) is 2.85. The molecule has 6 nitrogen and oxygen atoms in total. The molecule has 1 aromatic carbocycles. The molecule has 4 rings (SSSR count). The fraction of sp³-hybridized carbons (Fsp3) is 0.125. The molecule has 1 aliphatic rings. The second-order valence-corrected chi connectivity index (χ2v) is 5.87. The first-order chi connectivity index (χ1) is 11.3. The van der Waals surface area contributed by atoms with Crippen LogP contribution in [0, 0.1) is 0 Å². The van der Waals surface area contributed by atoms with E-state index in [9.17, 15) is 0 Å². The van der Waals surface area contributed by atoms with Crippen LogP contribution in [-0.4, -0.2) is 23.8 Å². The third-order valence-electron chi connectivity index (χ3n) is 3.42. The molecule has 0 fully saturated rings. The summed E-state index contributed by atoms with van der Waals surface area (Å²) in [4.78, 5) is 10.8. The van der Waals surface area contributed by atoms with Crippen LogP contribution in [0.3, 0.4) is 0 Å². The molecule has 0 atom stereocenters. The van der Waals surface area contributed by atoms with Crippen LogP contribution in [0.4, 0.5) is 22.5 Å². The number of nitrogens with one attached hydrogen (secondary N) is 1. The Kier molecular flexibility index (Phi) is 4.73. The van der Waals surface area contributed by atoms with Gasteiger partial charge >= 0.3 is 0 Å². The number of fused-ring (bicyclic) bond motifs is 1. The molecular formula is C16H15ClN4O2S. The number of rotatable bonds is 4. The van der Waals surface area contributed by atoms with Crippen molar-refractivity contribution in [2.24, 2.45) is 0 Å². The van der Waals surface area contributed by atoms with Gasteiger partial charge in [-0.05, 0) is 35.7 Å². The average molecular weight is 363 g/mol. The lowest BCUT2D eigenvalue weighted by molar-refractivity contribution is 0.174. The zero-order valence-electron chi connectivity index (χ0n) is 12.8. The number of nitrogens with zero attached hydrogens (tertiary/aromatic N) is 3. The molecule has 0 unspecified atom stereocenters. The SMILES string of the molecule is CN(c1nccc(Nc2ccc3c(c2)OCO3)n1)c1cccs1.Cl. The van der Waals surface area contributed by atoms with Crippen molar-refractivity contribution >= 4 is 46.2 Å². The van der Waals surface area contributed by atoms with Gasteiger partial charge in [0.25, 0.3) is 0 Å². The zero-order chi connectivity index (χ0) is 15.6. The van der Waals surface area contributed by atoms with E-state index in [0.29, 0.717) is 5.95 Å². The highest BCUT2D eigenvalue weighted by molar-refractivity contribution is 7.14. The van der Waals surface area contributed by atoms with Crippen molar-refractivity contribution in [1.29, 1.82) is 0 Å². The summed E-state index contributed by atoms with van der Waals surface area (Å²) in [5, 5.41) is 6.38. The van der Waals surface area contributed by atoms with Gasteiger partial charge in [0.05, 0.1) is 5.00 Å². The lowest BCUT2D eigenvalue weighted by atomic mass is 10.3. The van der Waals surface area contributed by atoms with Crippen LogP contribution in [-0.2, 0) is 0 Å². The second kappa shape index (κ2) is 6.94. The van der Waals surface area contributed by atoms with E-state index < -0.39 is 0 Å². The normalized spacial score (nSPS) is 11.7. The first kappa shape index (κ1) is 16.4. The Balaban J connectivity index is 0.00000169. The number of thiophene rings is 1. The van der Waals surface area contributed by atoms with Crippen LogP contribution in [0.15, 0.2) is 48.0 Å². The fourth-order valence-electron chi connectivity index (χ4n) is 2.26. The van der Waals surface area contributed by atoms with E-state index in [1.54, 1.807) is 17.5 Å². The lowest BCUT2D eigenvalue weighted by Crippen LogP contribution is -2.12. The van der Waals surface area contributed by atoms with Gasteiger partial charge in [-0.3, -0.25) is 0 Å². The molecule has 2 aromatic heterocycles. The van der Waals surface area contributed by atoms with E-state index in [0.717, 1.165) is 28.0 Å². The smallest absolute Gasteiger partial charge is 0.232 e. The van der Waals surface area contributed by atoms with Gasteiger partial charge in [-0.25, -0.2) is 4.98 Å². The quantitative estimate of drug-likeness (QED) is 0.750. The van der Waals surface area contributed by atoms with Gasteiger partial charge < -0.3 is 19.7 Å². The number of hydrogen-bond donors (Lipinski definition) is 1. The summed E-state index contributed by atoms with van der Waals surface area (Å²) in [6, 6.07) is 11.6. The molecule has 0 amide bonds. The highest BCUT2D eigenvalue weighted by Crippen LogP contribution is 2.35. The van der Waals surface area contributed by atoms with Crippen molar-refractivity contribution in [1.82, 2.24) is 9.97 Å². The maximum absolute atomic E-state index is 5.39. The summed E-state index contributed by atoms with van der Waals surface area (Å²) in [5.41, 5.74) is 0.887. The topological polar surface area (TPSA) is 59.5 Å². The Bertz CT molecular complexity index is 829. The summed E-state index contributed by atoms with van der Waals surface area (Å²) < 4.78 is 10.7. The van der Waals surface area contributed by atoms with Gasteiger partial charge in [0.15, 0.2) is 11.5 Å². The highest BCUT2D eigenvalue weighted by Gasteiger charge is 2.14. The molecule has 3 heterocycles. The van der Waals surface area contributed by atoms with Crippen molar-refractivity contribution in [3.63, 3.8) is 0 Å². The minimum absolute atomic E-state index is 0. The van der Waals surface area contributed by atoms with Crippen LogP contribution in [0.1, 0.15) is 0 Å². The number of halogens is 1. The number of aromatic nitrogens is 2. The number of anilines is 4. The Morgan fingerprint density at radius 3 is 2.88 bits per heavy atom. The summed E-state index contributed by atoms with van der Waals surface area (Å²) >= 11 is 1.64. The van der Waals surface area contributed by atoms with Gasteiger partial charge in [0, 0.05) is 25.0 Å². The first-order valence-electron chi connectivity index (χ1n) is 7.06. The second-order valence-electron chi connectivity index (χ2n) is 4.95. The highest BCUT2D eigenvalue weighted by atomic mass is 35.5. The molecule has 0 saturated carbocycles. The summed E-state index contributed by atoms with van der Waals surface area (Å²) in [6.07, 6.45) is 1.74. The van der Waals surface area contributed by atoms with Crippen molar-refractivity contribution < 1.29 is 9.47 Å². The Morgan fingerprint density at radius 1 is 1.17 bits per heavy atom. The van der Waals surface area contributed by atoms with E-state index in [4.69, 9.17) is 9.47 Å². The molecule has 8 heteroatoms. The van der Waals surface area contributed by atoms with E-state index in [-0.39, 0.29) is 19.2 Å². The summed E-state index contributed by atoms with van der Waals surface area (Å²) in [7, 11) is 1.95. The molecule has 0 aliphatic carbocycles. The average Bonchev–Trinajstić information content (AvgIpc) is 3.25. The van der Waals surface area contributed by atoms with Crippen LogP contribution >= 0.6 is 23.7 Å². The molecule has 1 N–H and O–H groups in total. The fourth-order valence-corrected chi connectivity index (χ4v) is 2.95. The van der Waals surface area contributed by atoms with Crippen LogP contribution in [0.2, 0.25) is 0 Å². The largest absolute Gasteiger partial charge is 0.454 e. The number of ether oxygens (including phenoxy) is 2. The third-order valence-corrected chi connectivity index (χ3v) is 4.37. The van der Waals surface area contributed by atoms with Crippen LogP contribution < -0.4 is 19.7 Å². The Morgan fingerprint density at radius 2 is 2.04 bits per heavy atom. The Labute approximate surface area is 149 Å².